The lowest BCUT2D eigenvalue weighted by Gasteiger charge is -2.12. The molecule has 0 aliphatic heterocycles. The van der Waals surface area contributed by atoms with Gasteiger partial charge in [-0.25, -0.2) is 4.98 Å². The highest BCUT2D eigenvalue weighted by Gasteiger charge is 2.10. The van der Waals surface area contributed by atoms with E-state index < -0.39 is 0 Å². The zero-order valence-corrected chi connectivity index (χ0v) is 15.2. The second-order valence-corrected chi connectivity index (χ2v) is 7.00. The summed E-state index contributed by atoms with van der Waals surface area (Å²) in [5.74, 6) is 0. The van der Waals surface area contributed by atoms with Crippen LogP contribution in [-0.4, -0.2) is 4.98 Å². The first-order valence-electron chi connectivity index (χ1n) is 9.24. The van der Waals surface area contributed by atoms with Crippen LogP contribution >= 0.6 is 0 Å². The zero-order chi connectivity index (χ0) is 18.2. The predicted molar refractivity (Wildman–Crippen MR) is 115 cm³/mol. The largest absolute Gasteiger partial charge is 0.248 e. The molecule has 0 radical (unpaired) electrons. The fourth-order valence-corrected chi connectivity index (χ4v) is 3.64. The van der Waals surface area contributed by atoms with E-state index in [1.54, 1.807) is 0 Å². The molecule has 0 aliphatic carbocycles. The van der Waals surface area contributed by atoms with Crippen molar-refractivity contribution >= 4 is 21.7 Å². The molecule has 5 aromatic rings. The fourth-order valence-electron chi connectivity index (χ4n) is 3.64. The van der Waals surface area contributed by atoms with Crippen molar-refractivity contribution in [2.24, 2.45) is 0 Å². The number of nitrogens with zero attached hydrogens (tertiary/aromatic N) is 1. The van der Waals surface area contributed by atoms with Crippen LogP contribution in [0, 0.1) is 6.92 Å². The summed E-state index contributed by atoms with van der Waals surface area (Å²) in [5.41, 5.74) is 6.89. The van der Waals surface area contributed by atoms with E-state index in [9.17, 15) is 0 Å². The molecule has 0 spiro atoms. The van der Waals surface area contributed by atoms with Crippen LogP contribution in [-0.2, 0) is 0 Å². The molecule has 0 amide bonds. The summed E-state index contributed by atoms with van der Waals surface area (Å²) in [6, 6.07) is 34.3. The van der Waals surface area contributed by atoms with Crippen LogP contribution in [0.2, 0.25) is 0 Å². The molecule has 0 aliphatic rings. The number of aromatic nitrogens is 1. The highest BCUT2D eigenvalue weighted by atomic mass is 14.7. The summed E-state index contributed by atoms with van der Waals surface area (Å²) in [7, 11) is 0. The Kier molecular flexibility index (Phi) is 3.72. The van der Waals surface area contributed by atoms with Gasteiger partial charge in [-0.3, -0.25) is 0 Å². The lowest BCUT2D eigenvalue weighted by molar-refractivity contribution is 1.39. The van der Waals surface area contributed by atoms with Crippen molar-refractivity contribution in [3.05, 3.63) is 103 Å². The van der Waals surface area contributed by atoms with E-state index >= 15 is 0 Å². The summed E-state index contributed by atoms with van der Waals surface area (Å²) >= 11 is 0. The lowest BCUT2D eigenvalue weighted by atomic mass is 9.96. The van der Waals surface area contributed by atoms with Gasteiger partial charge in [0.05, 0.1) is 11.2 Å². The van der Waals surface area contributed by atoms with Crippen molar-refractivity contribution in [2.45, 2.75) is 6.92 Å². The Balaban J connectivity index is 1.85. The maximum atomic E-state index is 5.01. The molecule has 4 aromatic carbocycles. The van der Waals surface area contributed by atoms with Gasteiger partial charge in [-0.05, 0) is 47.0 Å². The average molecular weight is 345 g/mol. The van der Waals surface area contributed by atoms with Crippen molar-refractivity contribution in [1.82, 2.24) is 4.98 Å². The third-order valence-electron chi connectivity index (χ3n) is 5.11. The molecule has 0 bridgehead atoms. The number of aryl methyl sites for hydroxylation is 1. The van der Waals surface area contributed by atoms with Crippen molar-refractivity contribution in [3.8, 4) is 22.4 Å². The Bertz CT molecular complexity index is 1250. The van der Waals surface area contributed by atoms with Gasteiger partial charge in [0.2, 0.25) is 0 Å². The van der Waals surface area contributed by atoms with Crippen molar-refractivity contribution in [1.29, 1.82) is 0 Å². The molecule has 5 rings (SSSR count). The third kappa shape index (κ3) is 2.88. The van der Waals surface area contributed by atoms with Gasteiger partial charge in [0.15, 0.2) is 0 Å². The molecular formula is C26H19N. The van der Waals surface area contributed by atoms with Crippen molar-refractivity contribution in [2.75, 3.05) is 0 Å². The molecule has 0 atom stereocenters. The third-order valence-corrected chi connectivity index (χ3v) is 5.11. The van der Waals surface area contributed by atoms with E-state index in [-0.39, 0.29) is 0 Å². The van der Waals surface area contributed by atoms with Crippen LogP contribution < -0.4 is 0 Å². The monoisotopic (exact) mass is 345 g/mol. The highest BCUT2D eigenvalue weighted by Crippen LogP contribution is 2.34. The summed E-state index contributed by atoms with van der Waals surface area (Å²) in [6.45, 7) is 2.11. The molecule has 0 saturated carbocycles. The van der Waals surface area contributed by atoms with Gasteiger partial charge < -0.3 is 0 Å². The van der Waals surface area contributed by atoms with Gasteiger partial charge in [0, 0.05) is 10.9 Å². The van der Waals surface area contributed by atoms with E-state index in [2.05, 4.69) is 104 Å². The maximum absolute atomic E-state index is 5.01. The molecule has 0 fully saturated rings. The summed E-state index contributed by atoms with van der Waals surface area (Å²) in [4.78, 5) is 5.01. The van der Waals surface area contributed by atoms with Crippen LogP contribution in [0.15, 0.2) is 97.1 Å². The highest BCUT2D eigenvalue weighted by molar-refractivity contribution is 6.04. The Hall–Kier alpha value is -3.45. The van der Waals surface area contributed by atoms with E-state index in [1.165, 1.54) is 32.8 Å². The van der Waals surface area contributed by atoms with E-state index in [4.69, 9.17) is 4.98 Å². The Morgan fingerprint density at radius 2 is 1.26 bits per heavy atom. The summed E-state index contributed by atoms with van der Waals surface area (Å²) in [6.07, 6.45) is 0. The SMILES string of the molecule is Cc1ccc(-c2cc(-c3ccccc3)c3cc4ccccc4cc3n2)cc1. The molecule has 0 saturated heterocycles. The van der Waals surface area contributed by atoms with Gasteiger partial charge in [0.1, 0.15) is 0 Å². The second kappa shape index (κ2) is 6.37. The number of rotatable bonds is 2. The standard InChI is InChI=1S/C26H19N/c1-18-11-13-20(14-12-18)25-17-23(19-7-3-2-4-8-19)24-15-21-9-5-6-10-22(21)16-26(24)27-25/h2-17H,1H3. The summed E-state index contributed by atoms with van der Waals surface area (Å²) < 4.78 is 0. The first-order chi connectivity index (χ1) is 13.3. The normalized spacial score (nSPS) is 11.1. The van der Waals surface area contributed by atoms with E-state index in [0.29, 0.717) is 0 Å². The van der Waals surface area contributed by atoms with Crippen molar-refractivity contribution in [3.63, 3.8) is 0 Å². The average Bonchev–Trinajstić information content (AvgIpc) is 2.72. The molecule has 0 unspecified atom stereocenters. The molecule has 0 N–H and O–H groups in total. The van der Waals surface area contributed by atoms with Gasteiger partial charge in [-0.1, -0.05) is 84.4 Å². The molecular weight excluding hydrogens is 326 g/mol. The molecule has 128 valence electrons. The van der Waals surface area contributed by atoms with Crippen LogP contribution in [0.5, 0.6) is 0 Å². The first kappa shape index (κ1) is 15.8. The Morgan fingerprint density at radius 1 is 0.593 bits per heavy atom. The molecule has 1 heterocycles. The Morgan fingerprint density at radius 3 is 2.00 bits per heavy atom. The summed E-state index contributed by atoms with van der Waals surface area (Å²) in [5, 5.41) is 3.65. The number of hydrogen-bond donors (Lipinski definition) is 0. The minimum atomic E-state index is 1.01. The van der Waals surface area contributed by atoms with Crippen LogP contribution in [0.1, 0.15) is 5.56 Å². The van der Waals surface area contributed by atoms with Crippen LogP contribution in [0.4, 0.5) is 0 Å². The smallest absolute Gasteiger partial charge is 0.0722 e. The van der Waals surface area contributed by atoms with Gasteiger partial charge >= 0.3 is 0 Å². The van der Waals surface area contributed by atoms with Crippen LogP contribution in [0.3, 0.4) is 0 Å². The Labute approximate surface area is 158 Å². The second-order valence-electron chi connectivity index (χ2n) is 7.00. The van der Waals surface area contributed by atoms with Gasteiger partial charge in [-0.2, -0.15) is 0 Å². The molecule has 1 heteroatoms. The van der Waals surface area contributed by atoms with E-state index in [0.717, 1.165) is 16.8 Å². The van der Waals surface area contributed by atoms with E-state index in [1.807, 2.05) is 0 Å². The molecule has 1 aromatic heterocycles. The van der Waals surface area contributed by atoms with Gasteiger partial charge in [0.25, 0.3) is 0 Å². The molecule has 27 heavy (non-hydrogen) atoms. The topological polar surface area (TPSA) is 12.9 Å². The number of benzene rings is 4. The van der Waals surface area contributed by atoms with Gasteiger partial charge in [-0.15, -0.1) is 0 Å². The maximum Gasteiger partial charge on any atom is 0.0722 e. The quantitative estimate of drug-likeness (QED) is 0.313. The number of hydrogen-bond acceptors (Lipinski definition) is 1. The first-order valence-corrected chi connectivity index (χ1v) is 9.24. The number of pyridine rings is 1. The van der Waals surface area contributed by atoms with Crippen molar-refractivity contribution < 1.29 is 0 Å². The number of fused-ring (bicyclic) bond motifs is 2. The van der Waals surface area contributed by atoms with Crippen LogP contribution in [0.25, 0.3) is 44.1 Å². The minimum absolute atomic E-state index is 1.01. The zero-order valence-electron chi connectivity index (χ0n) is 15.2. The molecule has 1 nitrogen and oxygen atoms in total. The minimum Gasteiger partial charge on any atom is -0.248 e. The lowest BCUT2D eigenvalue weighted by Crippen LogP contribution is -1.90. The fraction of sp³-hybridized carbons (Fsp3) is 0.0385. The predicted octanol–water partition coefficient (Wildman–Crippen LogP) is 7.03.